The third-order valence-electron chi connectivity index (χ3n) is 2.45. The second kappa shape index (κ2) is 7.39. The van der Waals surface area contributed by atoms with E-state index in [4.69, 9.17) is 109 Å². The lowest BCUT2D eigenvalue weighted by Gasteiger charge is -2.15. The molecule has 0 unspecified atom stereocenters. The molecule has 2 rings (SSSR count). The minimum Gasteiger partial charge on any atom is -0.452 e. The average Bonchev–Trinajstić information content (AvgIpc) is 2.50. The Hall–Kier alpha value is 0.850. The molecule has 0 radical (unpaired) electrons. The predicted molar refractivity (Wildman–Crippen MR) is 98.0 cm³/mol. The molecule has 2 aromatic rings. The van der Waals surface area contributed by atoms with Crippen molar-refractivity contribution in [1.82, 2.24) is 0 Å². The highest BCUT2D eigenvalue weighted by atomic mass is 35.5. The van der Waals surface area contributed by atoms with E-state index in [1.165, 1.54) is 6.07 Å². The van der Waals surface area contributed by atoms with Crippen LogP contribution >= 0.6 is 104 Å². The van der Waals surface area contributed by atoms with Crippen LogP contribution in [0.1, 0.15) is 0 Å². The smallest absolute Gasteiger partial charge is 0.167 e. The zero-order chi connectivity index (χ0) is 16.8. The third kappa shape index (κ3) is 3.44. The van der Waals surface area contributed by atoms with E-state index in [-0.39, 0.29) is 56.7 Å². The van der Waals surface area contributed by atoms with Crippen LogP contribution in [0.25, 0.3) is 0 Å². The molecule has 0 aliphatic carbocycles. The molecular formula is C12HCl9O. The Morgan fingerprint density at radius 2 is 0.909 bits per heavy atom. The van der Waals surface area contributed by atoms with Gasteiger partial charge in [-0.3, -0.25) is 0 Å². The van der Waals surface area contributed by atoms with Crippen molar-refractivity contribution in [3.05, 3.63) is 51.3 Å². The monoisotopic (exact) mass is 476 g/mol. The summed E-state index contributed by atoms with van der Waals surface area (Å²) in [7, 11) is 0. The van der Waals surface area contributed by atoms with Crippen molar-refractivity contribution in [3.63, 3.8) is 0 Å². The molecule has 0 saturated heterocycles. The molecule has 0 fully saturated rings. The van der Waals surface area contributed by atoms with Crippen LogP contribution in [-0.4, -0.2) is 0 Å². The zero-order valence-electron chi connectivity index (χ0n) is 9.89. The van der Waals surface area contributed by atoms with Gasteiger partial charge in [0.15, 0.2) is 5.75 Å². The maximum atomic E-state index is 6.07. The number of ether oxygens (including phenoxy) is 1. The van der Waals surface area contributed by atoms with Crippen LogP contribution in [0, 0.1) is 0 Å². The lowest BCUT2D eigenvalue weighted by Crippen LogP contribution is -1.91. The first-order valence-electron chi connectivity index (χ1n) is 5.19. The highest BCUT2D eigenvalue weighted by Gasteiger charge is 2.23. The van der Waals surface area contributed by atoms with Gasteiger partial charge in [-0.2, -0.15) is 0 Å². The quantitative estimate of drug-likeness (QED) is 0.308. The summed E-state index contributed by atoms with van der Waals surface area (Å²) in [6.07, 6.45) is 0. The first-order valence-corrected chi connectivity index (χ1v) is 8.59. The molecular weight excluding hydrogens is 479 g/mol. The lowest BCUT2D eigenvalue weighted by molar-refractivity contribution is 0.483. The molecule has 10 heteroatoms. The Bertz CT molecular complexity index is 743. The Morgan fingerprint density at radius 3 is 1.41 bits per heavy atom. The maximum Gasteiger partial charge on any atom is 0.167 e. The summed E-state index contributed by atoms with van der Waals surface area (Å²) in [6.45, 7) is 0. The molecule has 1 nitrogen and oxygen atoms in total. The molecule has 0 aromatic heterocycles. The van der Waals surface area contributed by atoms with Gasteiger partial charge in [0.2, 0.25) is 0 Å². The van der Waals surface area contributed by atoms with E-state index in [2.05, 4.69) is 0 Å². The van der Waals surface area contributed by atoms with Gasteiger partial charge in [-0.15, -0.1) is 0 Å². The first-order chi connectivity index (χ1) is 10.2. The highest BCUT2D eigenvalue weighted by molar-refractivity contribution is 6.56. The minimum absolute atomic E-state index is 0.00366. The number of hydrogen-bond acceptors (Lipinski definition) is 1. The minimum atomic E-state index is -0.0425. The van der Waals surface area contributed by atoms with E-state index in [1.807, 2.05) is 0 Å². The van der Waals surface area contributed by atoms with Crippen LogP contribution in [0.5, 0.6) is 11.5 Å². The zero-order valence-corrected chi connectivity index (χ0v) is 16.7. The van der Waals surface area contributed by atoms with Crippen molar-refractivity contribution in [1.29, 1.82) is 0 Å². The molecule has 0 aliphatic heterocycles. The van der Waals surface area contributed by atoms with Gasteiger partial charge in [0.05, 0.1) is 30.1 Å². The summed E-state index contributed by atoms with van der Waals surface area (Å²) >= 11 is 53.8. The lowest BCUT2D eigenvalue weighted by atomic mass is 10.3. The Kier molecular flexibility index (Phi) is 6.44. The van der Waals surface area contributed by atoms with Crippen molar-refractivity contribution >= 4 is 104 Å². The SMILES string of the molecule is Clc1cc(Oc2c(Cl)c(Cl)c(Cl)c(Cl)c2Cl)c(Cl)c(Cl)c1Cl. The van der Waals surface area contributed by atoms with Crippen LogP contribution in [0.2, 0.25) is 45.2 Å². The Balaban J connectivity index is 2.63. The summed E-state index contributed by atoms with van der Waals surface area (Å²) in [4.78, 5) is 0. The van der Waals surface area contributed by atoms with E-state index in [0.717, 1.165) is 0 Å². The van der Waals surface area contributed by atoms with E-state index in [1.54, 1.807) is 0 Å². The third-order valence-corrected chi connectivity index (χ3v) is 6.43. The average molecular weight is 480 g/mol. The van der Waals surface area contributed by atoms with Gasteiger partial charge in [0.1, 0.15) is 20.8 Å². The number of benzene rings is 2. The summed E-state index contributed by atoms with van der Waals surface area (Å²) < 4.78 is 5.55. The van der Waals surface area contributed by atoms with Crippen molar-refractivity contribution in [2.75, 3.05) is 0 Å². The van der Waals surface area contributed by atoms with Crippen LogP contribution in [0.15, 0.2) is 6.07 Å². The molecule has 0 aliphatic rings. The van der Waals surface area contributed by atoms with Crippen LogP contribution in [0.4, 0.5) is 0 Å². The van der Waals surface area contributed by atoms with Crippen LogP contribution in [0.3, 0.4) is 0 Å². The molecule has 0 atom stereocenters. The van der Waals surface area contributed by atoms with Gasteiger partial charge in [-0.25, -0.2) is 0 Å². The predicted octanol–water partition coefficient (Wildman–Crippen LogP) is 9.36. The van der Waals surface area contributed by atoms with E-state index in [0.29, 0.717) is 0 Å². The largest absolute Gasteiger partial charge is 0.452 e. The fourth-order valence-corrected chi connectivity index (χ4v) is 3.43. The summed E-state index contributed by atoms with van der Waals surface area (Å²) in [6, 6.07) is 1.35. The molecule has 0 bridgehead atoms. The topological polar surface area (TPSA) is 9.23 Å². The maximum absolute atomic E-state index is 6.07. The number of halogens is 9. The van der Waals surface area contributed by atoms with Crippen LogP contribution in [-0.2, 0) is 0 Å². The number of hydrogen-bond donors (Lipinski definition) is 0. The first kappa shape index (κ1) is 19.2. The van der Waals surface area contributed by atoms with Gasteiger partial charge in [-0.1, -0.05) is 104 Å². The molecule has 22 heavy (non-hydrogen) atoms. The van der Waals surface area contributed by atoms with E-state index < -0.39 is 0 Å². The fourth-order valence-electron chi connectivity index (χ4n) is 1.41. The van der Waals surface area contributed by atoms with Crippen molar-refractivity contribution < 1.29 is 4.74 Å². The van der Waals surface area contributed by atoms with Crippen LogP contribution < -0.4 is 4.74 Å². The Morgan fingerprint density at radius 1 is 0.500 bits per heavy atom. The number of rotatable bonds is 2. The van der Waals surface area contributed by atoms with Gasteiger partial charge >= 0.3 is 0 Å². The van der Waals surface area contributed by atoms with Crippen molar-refractivity contribution in [2.24, 2.45) is 0 Å². The summed E-state index contributed by atoms with van der Waals surface area (Å²) in [5, 5.41) is 0.136. The standard InChI is InChI=1S/C12HCl9O/c13-2-1-3(5(15)6(16)4(2)14)22-12-10(20)8(18)7(17)9(19)11(12)21/h1H. The van der Waals surface area contributed by atoms with Gasteiger partial charge < -0.3 is 4.74 Å². The van der Waals surface area contributed by atoms with E-state index >= 15 is 0 Å². The highest BCUT2D eigenvalue weighted by Crippen LogP contribution is 2.51. The molecule has 0 saturated carbocycles. The second-order valence-electron chi connectivity index (χ2n) is 3.80. The van der Waals surface area contributed by atoms with Gasteiger partial charge in [0, 0.05) is 6.07 Å². The molecule has 0 N–H and O–H groups in total. The Labute approximate surface area is 170 Å². The molecule has 0 amide bonds. The van der Waals surface area contributed by atoms with Crippen molar-refractivity contribution in [3.8, 4) is 11.5 Å². The van der Waals surface area contributed by atoms with Gasteiger partial charge in [-0.05, 0) is 0 Å². The second-order valence-corrected chi connectivity index (χ2v) is 7.23. The van der Waals surface area contributed by atoms with Crippen molar-refractivity contribution in [2.45, 2.75) is 0 Å². The fraction of sp³-hybridized carbons (Fsp3) is 0. The molecule has 118 valence electrons. The molecule has 0 spiro atoms. The van der Waals surface area contributed by atoms with E-state index in [9.17, 15) is 0 Å². The molecule has 0 heterocycles. The molecule has 2 aromatic carbocycles. The normalized spacial score (nSPS) is 11.0. The van der Waals surface area contributed by atoms with Gasteiger partial charge in [0.25, 0.3) is 0 Å². The summed E-state index contributed by atoms with van der Waals surface area (Å²) in [5.74, 6) is 0.0263. The summed E-state index contributed by atoms with van der Waals surface area (Å²) in [5.41, 5.74) is 0.